The number of amides is 2. The zero-order chi connectivity index (χ0) is 16.8. The quantitative estimate of drug-likeness (QED) is 0.886. The van der Waals surface area contributed by atoms with Gasteiger partial charge in [0.2, 0.25) is 5.91 Å². The summed E-state index contributed by atoms with van der Waals surface area (Å²) < 4.78 is 5.80. The Morgan fingerprint density at radius 2 is 1.88 bits per heavy atom. The van der Waals surface area contributed by atoms with Gasteiger partial charge in [0, 0.05) is 6.54 Å². The van der Waals surface area contributed by atoms with Crippen molar-refractivity contribution in [2.75, 3.05) is 6.54 Å². The number of hydrogen-bond donors (Lipinski definition) is 2. The van der Waals surface area contributed by atoms with Gasteiger partial charge in [-0.25, -0.2) is 0 Å². The first kappa shape index (κ1) is 16.1. The SMILES string of the molecule is O=C(NC1CCCNC1=O)c1ccccc1OCc1ccccc1. The topological polar surface area (TPSA) is 67.4 Å². The largest absolute Gasteiger partial charge is 0.488 e. The fourth-order valence-electron chi connectivity index (χ4n) is 2.66. The Kier molecular flexibility index (Phi) is 5.11. The number of rotatable bonds is 5. The summed E-state index contributed by atoms with van der Waals surface area (Å²) in [7, 11) is 0. The van der Waals surface area contributed by atoms with Crippen LogP contribution in [0.5, 0.6) is 5.75 Å². The van der Waals surface area contributed by atoms with Crippen molar-refractivity contribution in [2.24, 2.45) is 0 Å². The Labute approximate surface area is 141 Å². The Balaban J connectivity index is 1.68. The van der Waals surface area contributed by atoms with Crippen molar-refractivity contribution >= 4 is 11.8 Å². The summed E-state index contributed by atoms with van der Waals surface area (Å²) in [6.07, 6.45) is 1.52. The van der Waals surface area contributed by atoms with E-state index >= 15 is 0 Å². The van der Waals surface area contributed by atoms with E-state index in [2.05, 4.69) is 10.6 Å². The van der Waals surface area contributed by atoms with E-state index in [9.17, 15) is 9.59 Å². The van der Waals surface area contributed by atoms with Crippen molar-refractivity contribution in [2.45, 2.75) is 25.5 Å². The number of nitrogens with one attached hydrogen (secondary N) is 2. The molecule has 1 aliphatic heterocycles. The molecule has 0 radical (unpaired) electrons. The molecule has 5 nitrogen and oxygen atoms in total. The molecule has 5 heteroatoms. The highest BCUT2D eigenvalue weighted by atomic mass is 16.5. The number of carbonyl (C=O) groups is 2. The summed E-state index contributed by atoms with van der Waals surface area (Å²) in [5.74, 6) is 0.0908. The second-order valence-electron chi connectivity index (χ2n) is 5.73. The van der Waals surface area contributed by atoms with Crippen LogP contribution in [0.3, 0.4) is 0 Å². The summed E-state index contributed by atoms with van der Waals surface area (Å²) in [5, 5.41) is 5.56. The highest BCUT2D eigenvalue weighted by Gasteiger charge is 2.25. The molecule has 2 N–H and O–H groups in total. The molecular formula is C19H20N2O3. The van der Waals surface area contributed by atoms with Crippen molar-refractivity contribution in [1.82, 2.24) is 10.6 Å². The van der Waals surface area contributed by atoms with Gasteiger partial charge in [0.05, 0.1) is 5.56 Å². The van der Waals surface area contributed by atoms with Crippen LogP contribution in [-0.4, -0.2) is 24.4 Å². The number of para-hydroxylation sites is 1. The van der Waals surface area contributed by atoms with Crippen LogP contribution in [0.2, 0.25) is 0 Å². The zero-order valence-corrected chi connectivity index (χ0v) is 13.3. The summed E-state index contributed by atoms with van der Waals surface area (Å²) >= 11 is 0. The van der Waals surface area contributed by atoms with Gasteiger partial charge in [0.25, 0.3) is 5.91 Å². The van der Waals surface area contributed by atoms with Crippen molar-refractivity contribution in [3.8, 4) is 5.75 Å². The molecule has 2 amide bonds. The third-order valence-electron chi connectivity index (χ3n) is 3.96. The minimum absolute atomic E-state index is 0.128. The standard InChI is InChI=1S/C19H20N2O3/c22-18(21-16-10-6-12-20-19(16)23)15-9-4-5-11-17(15)24-13-14-7-2-1-3-8-14/h1-5,7-9,11,16H,6,10,12-13H2,(H,20,23)(H,21,22). The van der Waals surface area contributed by atoms with E-state index in [1.807, 2.05) is 36.4 Å². The van der Waals surface area contributed by atoms with Crippen LogP contribution in [0.15, 0.2) is 54.6 Å². The van der Waals surface area contributed by atoms with Crippen LogP contribution in [0.4, 0.5) is 0 Å². The van der Waals surface area contributed by atoms with Gasteiger partial charge in [-0.1, -0.05) is 42.5 Å². The van der Waals surface area contributed by atoms with Gasteiger partial charge < -0.3 is 15.4 Å². The maximum Gasteiger partial charge on any atom is 0.255 e. The molecule has 2 aromatic rings. The van der Waals surface area contributed by atoms with Crippen LogP contribution < -0.4 is 15.4 Å². The van der Waals surface area contributed by atoms with Crippen LogP contribution in [-0.2, 0) is 11.4 Å². The molecule has 124 valence electrons. The summed E-state index contributed by atoms with van der Waals surface area (Å²) in [5.41, 5.74) is 1.46. The van der Waals surface area contributed by atoms with Gasteiger partial charge in [0.15, 0.2) is 0 Å². The monoisotopic (exact) mass is 324 g/mol. The second-order valence-corrected chi connectivity index (χ2v) is 5.73. The second kappa shape index (κ2) is 7.64. The fraction of sp³-hybridized carbons (Fsp3) is 0.263. The molecule has 1 aliphatic rings. The van der Waals surface area contributed by atoms with E-state index in [1.54, 1.807) is 18.2 Å². The van der Waals surface area contributed by atoms with E-state index in [0.29, 0.717) is 30.9 Å². The lowest BCUT2D eigenvalue weighted by Gasteiger charge is -2.23. The molecule has 1 unspecified atom stereocenters. The number of piperidine rings is 1. The van der Waals surface area contributed by atoms with Crippen molar-refractivity contribution in [3.63, 3.8) is 0 Å². The maximum absolute atomic E-state index is 12.5. The molecule has 1 heterocycles. The summed E-state index contributed by atoms with van der Waals surface area (Å²) in [6.45, 7) is 1.05. The van der Waals surface area contributed by atoms with Gasteiger partial charge in [-0.05, 0) is 30.5 Å². The minimum Gasteiger partial charge on any atom is -0.488 e. The van der Waals surface area contributed by atoms with Gasteiger partial charge in [0.1, 0.15) is 18.4 Å². The van der Waals surface area contributed by atoms with Crippen molar-refractivity contribution in [1.29, 1.82) is 0 Å². The molecule has 0 saturated carbocycles. The van der Waals surface area contributed by atoms with Gasteiger partial charge in [-0.15, -0.1) is 0 Å². The molecule has 2 aromatic carbocycles. The summed E-state index contributed by atoms with van der Waals surface area (Å²) in [4.78, 5) is 24.3. The van der Waals surface area contributed by atoms with E-state index in [-0.39, 0.29) is 11.8 Å². The van der Waals surface area contributed by atoms with E-state index < -0.39 is 6.04 Å². The van der Waals surface area contributed by atoms with Crippen LogP contribution >= 0.6 is 0 Å². The molecular weight excluding hydrogens is 304 g/mol. The van der Waals surface area contributed by atoms with Crippen molar-refractivity contribution < 1.29 is 14.3 Å². The average Bonchev–Trinajstić information content (AvgIpc) is 2.63. The smallest absolute Gasteiger partial charge is 0.255 e. The molecule has 0 aromatic heterocycles. The zero-order valence-electron chi connectivity index (χ0n) is 13.3. The molecule has 1 fully saturated rings. The fourth-order valence-corrected chi connectivity index (χ4v) is 2.66. The van der Waals surface area contributed by atoms with E-state index in [0.717, 1.165) is 12.0 Å². The third-order valence-corrected chi connectivity index (χ3v) is 3.96. The third kappa shape index (κ3) is 3.93. The van der Waals surface area contributed by atoms with E-state index in [4.69, 9.17) is 4.74 Å². The molecule has 0 bridgehead atoms. The normalized spacial score (nSPS) is 17.0. The Bertz CT molecular complexity index is 716. The predicted molar refractivity (Wildman–Crippen MR) is 90.7 cm³/mol. The summed E-state index contributed by atoms with van der Waals surface area (Å²) in [6, 6.07) is 16.4. The van der Waals surface area contributed by atoms with Crippen molar-refractivity contribution in [3.05, 3.63) is 65.7 Å². The van der Waals surface area contributed by atoms with Gasteiger partial charge >= 0.3 is 0 Å². The molecule has 3 rings (SSSR count). The highest BCUT2D eigenvalue weighted by Crippen LogP contribution is 2.20. The van der Waals surface area contributed by atoms with Crippen LogP contribution in [0.25, 0.3) is 0 Å². The Morgan fingerprint density at radius 3 is 2.67 bits per heavy atom. The number of hydrogen-bond acceptors (Lipinski definition) is 3. The first-order valence-electron chi connectivity index (χ1n) is 8.08. The van der Waals surface area contributed by atoms with Gasteiger partial charge in [-0.3, -0.25) is 9.59 Å². The maximum atomic E-state index is 12.5. The molecule has 24 heavy (non-hydrogen) atoms. The predicted octanol–water partition coefficient (Wildman–Crippen LogP) is 2.27. The van der Waals surface area contributed by atoms with E-state index in [1.165, 1.54) is 0 Å². The number of carbonyl (C=O) groups excluding carboxylic acids is 2. The number of ether oxygens (including phenoxy) is 1. The number of benzene rings is 2. The molecule has 1 saturated heterocycles. The average molecular weight is 324 g/mol. The molecule has 0 spiro atoms. The first-order valence-corrected chi connectivity index (χ1v) is 8.08. The Morgan fingerprint density at radius 1 is 1.12 bits per heavy atom. The van der Waals surface area contributed by atoms with Crippen LogP contribution in [0, 0.1) is 0 Å². The lowest BCUT2D eigenvalue weighted by atomic mass is 10.1. The molecule has 1 atom stereocenters. The first-order chi connectivity index (χ1) is 11.7. The lowest BCUT2D eigenvalue weighted by Crippen LogP contribution is -2.50. The Hall–Kier alpha value is -2.82. The minimum atomic E-state index is -0.478. The van der Waals surface area contributed by atoms with Crippen LogP contribution in [0.1, 0.15) is 28.8 Å². The lowest BCUT2D eigenvalue weighted by molar-refractivity contribution is -0.124. The highest BCUT2D eigenvalue weighted by molar-refractivity contribution is 5.99. The van der Waals surface area contributed by atoms with Gasteiger partial charge in [-0.2, -0.15) is 0 Å². The molecule has 0 aliphatic carbocycles.